The van der Waals surface area contributed by atoms with Gasteiger partial charge in [0, 0.05) is 6.42 Å². The number of carbonyl (C=O) groups is 2. The van der Waals surface area contributed by atoms with Crippen LogP contribution in [0.2, 0.25) is 0 Å². The Hall–Kier alpha value is -2.56. The first-order valence-corrected chi connectivity index (χ1v) is 9.20. The van der Waals surface area contributed by atoms with Crippen LogP contribution in [0.25, 0.3) is 0 Å². The molecule has 3 unspecified atom stereocenters. The molecule has 3 rings (SSSR count). The molecule has 0 bridgehead atoms. The average Bonchev–Trinajstić information content (AvgIpc) is 3.17. The predicted octanol–water partition coefficient (Wildman–Crippen LogP) is 3.74. The van der Waals surface area contributed by atoms with Gasteiger partial charge in [0.05, 0.1) is 6.26 Å². The number of amides is 1. The van der Waals surface area contributed by atoms with Crippen LogP contribution in [0.5, 0.6) is 0 Å². The minimum Gasteiger partial charge on any atom is -0.461 e. The van der Waals surface area contributed by atoms with E-state index in [2.05, 4.69) is 12.2 Å². The number of rotatable bonds is 6. The summed E-state index contributed by atoms with van der Waals surface area (Å²) in [5.41, 5.74) is 0.964. The van der Waals surface area contributed by atoms with Crippen LogP contribution < -0.4 is 5.32 Å². The van der Waals surface area contributed by atoms with E-state index in [0.29, 0.717) is 12.3 Å². The summed E-state index contributed by atoms with van der Waals surface area (Å²) >= 11 is 0. The van der Waals surface area contributed by atoms with E-state index >= 15 is 0 Å². The van der Waals surface area contributed by atoms with Crippen molar-refractivity contribution < 1.29 is 18.7 Å². The molecule has 2 aromatic rings. The van der Waals surface area contributed by atoms with Gasteiger partial charge >= 0.3 is 5.97 Å². The summed E-state index contributed by atoms with van der Waals surface area (Å²) in [6, 6.07) is 12.1. The number of esters is 1. The number of furan rings is 1. The van der Waals surface area contributed by atoms with Gasteiger partial charge in [-0.1, -0.05) is 43.7 Å². The molecule has 1 aliphatic carbocycles. The summed E-state index contributed by atoms with van der Waals surface area (Å²) in [6.07, 6.45) is 5.77. The lowest BCUT2D eigenvalue weighted by molar-refractivity contribution is -0.153. The molecule has 0 aliphatic heterocycles. The van der Waals surface area contributed by atoms with Gasteiger partial charge < -0.3 is 14.5 Å². The fourth-order valence-corrected chi connectivity index (χ4v) is 3.41. The van der Waals surface area contributed by atoms with Gasteiger partial charge in [-0.2, -0.15) is 0 Å². The van der Waals surface area contributed by atoms with Crippen LogP contribution in [-0.2, 0) is 16.0 Å². The van der Waals surface area contributed by atoms with E-state index in [0.717, 1.165) is 24.8 Å². The first-order valence-electron chi connectivity index (χ1n) is 9.20. The molecule has 0 spiro atoms. The van der Waals surface area contributed by atoms with Crippen LogP contribution >= 0.6 is 0 Å². The first kappa shape index (κ1) is 18.2. The normalized spacial score (nSPS) is 21.0. The Bertz CT molecular complexity index is 711. The van der Waals surface area contributed by atoms with Crippen LogP contribution in [0.3, 0.4) is 0 Å². The molecule has 0 radical (unpaired) electrons. The monoisotopic (exact) mass is 355 g/mol. The summed E-state index contributed by atoms with van der Waals surface area (Å²) in [7, 11) is 0. The number of hydrogen-bond acceptors (Lipinski definition) is 4. The summed E-state index contributed by atoms with van der Waals surface area (Å²) in [6.45, 7) is 2.18. The Morgan fingerprint density at radius 3 is 2.69 bits per heavy atom. The van der Waals surface area contributed by atoms with Gasteiger partial charge in [0.15, 0.2) is 5.76 Å². The van der Waals surface area contributed by atoms with Crippen molar-refractivity contribution in [3.05, 3.63) is 60.1 Å². The highest BCUT2D eigenvalue weighted by molar-refractivity contribution is 5.94. The third-order valence-electron chi connectivity index (χ3n) is 4.79. The van der Waals surface area contributed by atoms with Gasteiger partial charge in [-0.3, -0.25) is 4.79 Å². The van der Waals surface area contributed by atoms with Crippen LogP contribution in [0.1, 0.15) is 48.7 Å². The zero-order valence-corrected chi connectivity index (χ0v) is 15.0. The number of hydrogen-bond donors (Lipinski definition) is 1. The average molecular weight is 355 g/mol. The van der Waals surface area contributed by atoms with Crippen molar-refractivity contribution in [3.8, 4) is 0 Å². The molecule has 1 aliphatic rings. The Morgan fingerprint density at radius 2 is 2.00 bits per heavy atom. The molecular formula is C21H25NO4. The Balaban J connectivity index is 1.68. The van der Waals surface area contributed by atoms with Crippen molar-refractivity contribution in [1.29, 1.82) is 0 Å². The van der Waals surface area contributed by atoms with Crippen LogP contribution in [0.15, 0.2) is 53.1 Å². The van der Waals surface area contributed by atoms with Gasteiger partial charge in [0.25, 0.3) is 5.91 Å². The summed E-state index contributed by atoms with van der Waals surface area (Å²) < 4.78 is 10.9. The summed E-state index contributed by atoms with van der Waals surface area (Å²) in [4.78, 5) is 25.1. The summed E-state index contributed by atoms with van der Waals surface area (Å²) in [5.74, 6) is -0.0493. The van der Waals surface area contributed by atoms with Crippen LogP contribution in [0.4, 0.5) is 0 Å². The van der Waals surface area contributed by atoms with Gasteiger partial charge in [-0.25, -0.2) is 4.79 Å². The molecule has 1 fully saturated rings. The number of carbonyl (C=O) groups excluding carboxylic acids is 2. The van der Waals surface area contributed by atoms with Gasteiger partial charge in [-0.05, 0) is 42.9 Å². The topological polar surface area (TPSA) is 68.5 Å². The molecule has 138 valence electrons. The molecule has 0 saturated heterocycles. The Labute approximate surface area is 153 Å². The highest BCUT2D eigenvalue weighted by Crippen LogP contribution is 2.26. The summed E-state index contributed by atoms with van der Waals surface area (Å²) in [5, 5.41) is 2.76. The molecule has 3 atom stereocenters. The van der Waals surface area contributed by atoms with E-state index < -0.39 is 11.9 Å². The maximum absolute atomic E-state index is 12.8. The minimum absolute atomic E-state index is 0.0648. The maximum atomic E-state index is 12.8. The molecular weight excluding hydrogens is 330 g/mol. The second-order valence-corrected chi connectivity index (χ2v) is 7.02. The van der Waals surface area contributed by atoms with E-state index in [1.165, 1.54) is 12.7 Å². The van der Waals surface area contributed by atoms with E-state index in [4.69, 9.17) is 9.15 Å². The molecule has 1 saturated carbocycles. The number of nitrogens with one attached hydrogen (secondary N) is 1. The van der Waals surface area contributed by atoms with Crippen molar-refractivity contribution in [1.82, 2.24) is 5.32 Å². The second-order valence-electron chi connectivity index (χ2n) is 7.02. The van der Waals surface area contributed by atoms with Crippen molar-refractivity contribution in [3.63, 3.8) is 0 Å². The lowest BCUT2D eigenvalue weighted by Gasteiger charge is -2.28. The third kappa shape index (κ3) is 4.97. The first-order chi connectivity index (χ1) is 12.6. The highest BCUT2D eigenvalue weighted by atomic mass is 16.5. The van der Waals surface area contributed by atoms with Gasteiger partial charge in [0.1, 0.15) is 12.1 Å². The van der Waals surface area contributed by atoms with Crippen LogP contribution in [0, 0.1) is 5.92 Å². The molecule has 26 heavy (non-hydrogen) atoms. The van der Waals surface area contributed by atoms with Crippen LogP contribution in [-0.4, -0.2) is 24.0 Å². The largest absolute Gasteiger partial charge is 0.461 e. The predicted molar refractivity (Wildman–Crippen MR) is 97.6 cm³/mol. The zero-order valence-electron chi connectivity index (χ0n) is 15.0. The molecule has 1 N–H and O–H groups in total. The SMILES string of the molecule is CC1CCCC(OC(=O)C(Cc2ccccc2)NC(=O)c2ccco2)C1. The molecule has 1 aromatic heterocycles. The maximum Gasteiger partial charge on any atom is 0.329 e. The highest BCUT2D eigenvalue weighted by Gasteiger charge is 2.28. The van der Waals surface area contributed by atoms with Gasteiger partial charge in [0.2, 0.25) is 0 Å². The third-order valence-corrected chi connectivity index (χ3v) is 4.79. The fraction of sp³-hybridized carbons (Fsp3) is 0.429. The number of ether oxygens (including phenoxy) is 1. The van der Waals surface area contributed by atoms with Crippen molar-refractivity contribution in [2.45, 2.75) is 51.2 Å². The van der Waals surface area contributed by atoms with Crippen molar-refractivity contribution in [2.75, 3.05) is 0 Å². The van der Waals surface area contributed by atoms with Crippen molar-refractivity contribution >= 4 is 11.9 Å². The van der Waals surface area contributed by atoms with E-state index in [-0.39, 0.29) is 17.8 Å². The van der Waals surface area contributed by atoms with E-state index in [1.807, 2.05) is 30.3 Å². The lowest BCUT2D eigenvalue weighted by atomic mass is 9.88. The second kappa shape index (κ2) is 8.70. The van der Waals surface area contributed by atoms with Gasteiger partial charge in [-0.15, -0.1) is 0 Å². The molecule has 5 nitrogen and oxygen atoms in total. The van der Waals surface area contributed by atoms with Crippen molar-refractivity contribution in [2.24, 2.45) is 5.92 Å². The van der Waals surface area contributed by atoms with E-state index in [9.17, 15) is 9.59 Å². The lowest BCUT2D eigenvalue weighted by Crippen LogP contribution is -2.44. The molecule has 1 amide bonds. The zero-order chi connectivity index (χ0) is 18.4. The number of benzene rings is 1. The molecule has 1 heterocycles. The minimum atomic E-state index is -0.743. The Morgan fingerprint density at radius 1 is 1.19 bits per heavy atom. The fourth-order valence-electron chi connectivity index (χ4n) is 3.41. The standard InChI is InChI=1S/C21H25NO4/c1-15-7-5-10-17(13-15)26-21(24)18(14-16-8-3-2-4-9-16)22-20(23)19-11-6-12-25-19/h2-4,6,8-9,11-12,15,17-18H,5,7,10,13-14H2,1H3,(H,22,23). The molecule has 5 heteroatoms. The quantitative estimate of drug-likeness (QED) is 0.802. The van der Waals surface area contributed by atoms with E-state index in [1.54, 1.807) is 12.1 Å². The smallest absolute Gasteiger partial charge is 0.329 e. The Kier molecular flexibility index (Phi) is 6.10. The molecule has 1 aromatic carbocycles.